The second-order valence-corrected chi connectivity index (χ2v) is 8.40. The molecule has 1 saturated carbocycles. The van der Waals surface area contributed by atoms with Crippen LogP contribution in [0.3, 0.4) is 0 Å². The van der Waals surface area contributed by atoms with Crippen LogP contribution in [0.1, 0.15) is 43.0 Å². The van der Waals surface area contributed by atoms with E-state index in [1.54, 1.807) is 19.1 Å². The van der Waals surface area contributed by atoms with Gasteiger partial charge in [-0.3, -0.25) is 5.10 Å². The highest BCUT2D eigenvalue weighted by atomic mass is 35.5. The van der Waals surface area contributed by atoms with Gasteiger partial charge < -0.3 is 21.1 Å². The standard InChI is InChI=1S/C21H22ClF4N7O/c1-10(11-4-6-13(23)7-5-11)28-20-30-18(27-9-15(34)21(24,25)26)17(22)19(31-20)29-16-8-14(32-33-16)12-2-3-12/h4-8,10,12,15,34H,2-3,9H2,1H3,(H4,27,28,29,30,31,32,33)/t10-,15?/m0/s1. The van der Waals surface area contributed by atoms with Crippen LogP contribution < -0.4 is 16.0 Å². The number of benzene rings is 1. The number of aromatic nitrogens is 4. The van der Waals surface area contributed by atoms with E-state index < -0.39 is 18.8 Å². The van der Waals surface area contributed by atoms with Gasteiger partial charge in [-0.05, 0) is 37.5 Å². The van der Waals surface area contributed by atoms with Crippen molar-refractivity contribution in [1.82, 2.24) is 20.2 Å². The Bertz CT molecular complexity index is 1140. The van der Waals surface area contributed by atoms with Gasteiger partial charge in [-0.2, -0.15) is 28.2 Å². The number of halogens is 5. The summed E-state index contributed by atoms with van der Waals surface area (Å²) in [6, 6.07) is 7.24. The molecule has 0 aliphatic heterocycles. The molecule has 1 fully saturated rings. The third-order valence-corrected chi connectivity index (χ3v) is 5.63. The quantitative estimate of drug-likeness (QED) is 0.260. The maximum absolute atomic E-state index is 13.2. The third-order valence-electron chi connectivity index (χ3n) is 5.27. The molecule has 1 aromatic carbocycles. The van der Waals surface area contributed by atoms with Gasteiger partial charge in [0.05, 0.1) is 12.6 Å². The summed E-state index contributed by atoms with van der Waals surface area (Å²) in [6.07, 6.45) is -5.28. The predicted octanol–water partition coefficient (Wildman–Crippen LogP) is 5.12. The fourth-order valence-corrected chi connectivity index (χ4v) is 3.37. The van der Waals surface area contributed by atoms with Crippen molar-refractivity contribution in [2.24, 2.45) is 0 Å². The topological polar surface area (TPSA) is 111 Å². The van der Waals surface area contributed by atoms with Crippen LogP contribution in [-0.2, 0) is 0 Å². The van der Waals surface area contributed by atoms with Crippen LogP contribution in [0.5, 0.6) is 0 Å². The van der Waals surface area contributed by atoms with Crippen LogP contribution >= 0.6 is 11.6 Å². The minimum Gasteiger partial charge on any atom is -0.382 e. The first kappa shape index (κ1) is 24.0. The minimum absolute atomic E-state index is 0.0469. The second kappa shape index (κ2) is 9.63. The SMILES string of the molecule is C[C@H](Nc1nc(NCC(O)C(F)(F)F)c(Cl)c(Nc2cc(C3CC3)[nH]n2)n1)c1ccc(F)cc1. The Morgan fingerprint density at radius 1 is 1.18 bits per heavy atom. The molecular formula is C21H22ClF4N7O. The van der Waals surface area contributed by atoms with Crippen molar-refractivity contribution in [2.75, 3.05) is 22.5 Å². The highest BCUT2D eigenvalue weighted by molar-refractivity contribution is 6.35. The fourth-order valence-electron chi connectivity index (χ4n) is 3.17. The summed E-state index contributed by atoms with van der Waals surface area (Å²) in [5.74, 6) is 0.507. The summed E-state index contributed by atoms with van der Waals surface area (Å²) in [7, 11) is 0. The molecule has 5 N–H and O–H groups in total. The zero-order valence-electron chi connectivity index (χ0n) is 17.9. The van der Waals surface area contributed by atoms with Gasteiger partial charge in [-0.25, -0.2) is 4.39 Å². The van der Waals surface area contributed by atoms with Crippen molar-refractivity contribution in [1.29, 1.82) is 0 Å². The highest BCUT2D eigenvalue weighted by Gasteiger charge is 2.38. The van der Waals surface area contributed by atoms with E-state index in [-0.39, 0.29) is 34.5 Å². The fraction of sp³-hybridized carbons (Fsp3) is 0.381. The van der Waals surface area contributed by atoms with Gasteiger partial charge in [0.1, 0.15) is 10.8 Å². The molecule has 2 atom stereocenters. The Morgan fingerprint density at radius 3 is 2.50 bits per heavy atom. The zero-order valence-corrected chi connectivity index (χ0v) is 18.7. The lowest BCUT2D eigenvalue weighted by Gasteiger charge is -2.19. The predicted molar refractivity (Wildman–Crippen MR) is 120 cm³/mol. The lowest BCUT2D eigenvalue weighted by atomic mass is 10.1. The van der Waals surface area contributed by atoms with E-state index in [0.29, 0.717) is 11.7 Å². The zero-order chi connectivity index (χ0) is 24.5. The maximum atomic E-state index is 13.2. The first-order valence-corrected chi connectivity index (χ1v) is 10.9. The molecule has 2 heterocycles. The number of aliphatic hydroxyl groups is 1. The molecule has 182 valence electrons. The first-order valence-electron chi connectivity index (χ1n) is 10.5. The number of aromatic amines is 1. The van der Waals surface area contributed by atoms with Crippen LogP contribution in [-0.4, -0.2) is 44.1 Å². The second-order valence-electron chi connectivity index (χ2n) is 8.02. The summed E-state index contributed by atoms with van der Waals surface area (Å²) in [4.78, 5) is 8.51. The van der Waals surface area contributed by atoms with Gasteiger partial charge in [0.25, 0.3) is 0 Å². The van der Waals surface area contributed by atoms with Crippen LogP contribution in [0, 0.1) is 5.82 Å². The van der Waals surface area contributed by atoms with Gasteiger partial charge in [0.15, 0.2) is 23.6 Å². The molecule has 13 heteroatoms. The lowest BCUT2D eigenvalue weighted by Crippen LogP contribution is -2.35. The van der Waals surface area contributed by atoms with Crippen molar-refractivity contribution < 1.29 is 22.7 Å². The Kier molecular flexibility index (Phi) is 6.80. The van der Waals surface area contributed by atoms with Crippen molar-refractivity contribution in [3.8, 4) is 0 Å². The summed E-state index contributed by atoms with van der Waals surface area (Å²) in [6.45, 7) is 0.926. The number of alkyl halides is 3. The molecule has 1 aliphatic carbocycles. The Balaban J connectivity index is 1.59. The van der Waals surface area contributed by atoms with Gasteiger partial charge >= 0.3 is 6.18 Å². The van der Waals surface area contributed by atoms with Gasteiger partial charge in [-0.1, -0.05) is 23.7 Å². The van der Waals surface area contributed by atoms with Crippen LogP contribution in [0.25, 0.3) is 0 Å². The van der Waals surface area contributed by atoms with Crippen LogP contribution in [0.2, 0.25) is 5.02 Å². The largest absolute Gasteiger partial charge is 0.416 e. The summed E-state index contributed by atoms with van der Waals surface area (Å²) in [5, 5.41) is 24.8. The molecule has 0 bridgehead atoms. The monoisotopic (exact) mass is 499 g/mol. The van der Waals surface area contributed by atoms with Crippen molar-refractivity contribution in [3.05, 3.63) is 52.4 Å². The first-order chi connectivity index (χ1) is 16.1. The van der Waals surface area contributed by atoms with E-state index >= 15 is 0 Å². The normalized spacial score (nSPS) is 15.6. The molecular weight excluding hydrogens is 478 g/mol. The van der Waals surface area contributed by atoms with E-state index in [4.69, 9.17) is 11.6 Å². The van der Waals surface area contributed by atoms with Crippen molar-refractivity contribution in [2.45, 2.75) is 44.0 Å². The average Bonchev–Trinajstić information content (AvgIpc) is 3.53. The van der Waals surface area contributed by atoms with Crippen LogP contribution in [0.15, 0.2) is 30.3 Å². The molecule has 0 radical (unpaired) electrons. The molecule has 0 saturated heterocycles. The Labute approximate surface area is 197 Å². The van der Waals surface area contributed by atoms with Gasteiger partial charge in [0.2, 0.25) is 5.95 Å². The molecule has 2 aromatic heterocycles. The molecule has 1 unspecified atom stereocenters. The van der Waals surface area contributed by atoms with Gasteiger partial charge in [-0.15, -0.1) is 0 Å². The molecule has 34 heavy (non-hydrogen) atoms. The van der Waals surface area contributed by atoms with Crippen LogP contribution in [0.4, 0.5) is 41.0 Å². The summed E-state index contributed by atoms with van der Waals surface area (Å²) in [5.41, 5.74) is 1.69. The number of nitrogens with zero attached hydrogens (tertiary/aromatic N) is 3. The van der Waals surface area contributed by atoms with E-state index in [9.17, 15) is 22.7 Å². The summed E-state index contributed by atoms with van der Waals surface area (Å²) < 4.78 is 51.5. The number of H-pyrrole nitrogens is 1. The maximum Gasteiger partial charge on any atom is 0.416 e. The Hall–Kier alpha value is -3.12. The molecule has 8 nitrogen and oxygen atoms in total. The number of aliphatic hydroxyl groups excluding tert-OH is 1. The third kappa shape index (κ3) is 5.86. The number of nitrogens with one attached hydrogen (secondary N) is 4. The minimum atomic E-state index is -4.81. The van der Waals surface area contributed by atoms with Crippen molar-refractivity contribution >= 4 is 35.0 Å². The summed E-state index contributed by atoms with van der Waals surface area (Å²) >= 11 is 6.36. The molecule has 4 rings (SSSR count). The number of hydrogen-bond donors (Lipinski definition) is 5. The number of anilines is 4. The van der Waals surface area contributed by atoms with Crippen molar-refractivity contribution in [3.63, 3.8) is 0 Å². The number of rotatable bonds is 9. The molecule has 1 aliphatic rings. The van der Waals surface area contributed by atoms with Gasteiger partial charge in [0, 0.05) is 17.7 Å². The Morgan fingerprint density at radius 2 is 1.85 bits per heavy atom. The number of hydrogen-bond acceptors (Lipinski definition) is 7. The van der Waals surface area contributed by atoms with E-state index in [1.807, 2.05) is 6.07 Å². The van der Waals surface area contributed by atoms with E-state index in [2.05, 4.69) is 36.1 Å². The highest BCUT2D eigenvalue weighted by Crippen LogP contribution is 2.40. The van der Waals surface area contributed by atoms with E-state index in [1.165, 1.54) is 12.1 Å². The molecule has 3 aromatic rings. The lowest BCUT2D eigenvalue weighted by molar-refractivity contribution is -0.198. The smallest absolute Gasteiger partial charge is 0.382 e. The molecule has 0 amide bonds. The molecule has 0 spiro atoms. The average molecular weight is 500 g/mol. The van der Waals surface area contributed by atoms with E-state index in [0.717, 1.165) is 24.1 Å².